The Morgan fingerprint density at radius 2 is 1.96 bits per heavy atom. The van der Waals surface area contributed by atoms with Crippen LogP contribution in [0.2, 0.25) is 5.02 Å². The van der Waals surface area contributed by atoms with Gasteiger partial charge in [-0.2, -0.15) is 4.73 Å². The Labute approximate surface area is 149 Å². The first-order valence-corrected chi connectivity index (χ1v) is 8.43. The van der Waals surface area contributed by atoms with Crippen LogP contribution in [-0.2, 0) is 9.59 Å². The molecule has 2 rings (SSSR count). The number of pyridine rings is 1. The molecule has 126 valence electrons. The van der Waals surface area contributed by atoms with Crippen molar-refractivity contribution >= 4 is 40.9 Å². The van der Waals surface area contributed by atoms with Crippen LogP contribution in [0.3, 0.4) is 0 Å². The first-order valence-electron chi connectivity index (χ1n) is 7.06. The lowest BCUT2D eigenvalue weighted by Gasteiger charge is -2.16. The van der Waals surface area contributed by atoms with Gasteiger partial charge < -0.3 is 15.4 Å². The summed E-state index contributed by atoms with van der Waals surface area (Å²) in [6.45, 7) is -0.100. The maximum Gasteiger partial charge on any atom is 0.251 e. The third-order valence-electron chi connectivity index (χ3n) is 3.09. The number of benzene rings is 1. The standard InChI is InChI=1S/C16H16ClN3O3S/c1-19(10-14(21)18-13-7-3-2-6-12(13)17)15(22)11-24-16-8-4-5-9-20(16)23/h2-9H,10-11H2,1H3,(H,18,21). The van der Waals surface area contributed by atoms with Crippen LogP contribution < -0.4 is 10.0 Å². The van der Waals surface area contributed by atoms with Gasteiger partial charge in [-0.15, -0.1) is 0 Å². The van der Waals surface area contributed by atoms with Crippen LogP contribution >= 0.6 is 23.4 Å². The summed E-state index contributed by atoms with van der Waals surface area (Å²) >= 11 is 7.09. The second-order valence-electron chi connectivity index (χ2n) is 4.93. The molecule has 0 atom stereocenters. The molecule has 1 aromatic heterocycles. The molecular formula is C16H16ClN3O3S. The normalized spacial score (nSPS) is 10.2. The van der Waals surface area contributed by atoms with E-state index in [0.717, 1.165) is 11.8 Å². The number of halogens is 1. The lowest BCUT2D eigenvalue weighted by atomic mass is 10.3. The third kappa shape index (κ3) is 5.14. The van der Waals surface area contributed by atoms with E-state index in [-0.39, 0.29) is 24.1 Å². The van der Waals surface area contributed by atoms with Crippen molar-refractivity contribution < 1.29 is 14.3 Å². The van der Waals surface area contributed by atoms with E-state index in [1.165, 1.54) is 18.1 Å². The highest BCUT2D eigenvalue weighted by Crippen LogP contribution is 2.20. The zero-order chi connectivity index (χ0) is 17.5. The van der Waals surface area contributed by atoms with Crippen LogP contribution in [0.1, 0.15) is 0 Å². The van der Waals surface area contributed by atoms with Crippen molar-refractivity contribution in [2.75, 3.05) is 24.7 Å². The molecule has 2 amide bonds. The van der Waals surface area contributed by atoms with Gasteiger partial charge in [0, 0.05) is 19.2 Å². The highest BCUT2D eigenvalue weighted by Gasteiger charge is 2.16. The van der Waals surface area contributed by atoms with Crippen LogP contribution in [0.25, 0.3) is 0 Å². The van der Waals surface area contributed by atoms with E-state index in [1.807, 2.05) is 0 Å². The summed E-state index contributed by atoms with van der Waals surface area (Å²) in [6.07, 6.45) is 1.37. The summed E-state index contributed by atoms with van der Waals surface area (Å²) in [5.41, 5.74) is 0.496. The minimum Gasteiger partial charge on any atom is -0.618 e. The fraction of sp³-hybridized carbons (Fsp3) is 0.188. The van der Waals surface area contributed by atoms with E-state index in [0.29, 0.717) is 20.5 Å². The molecule has 1 aromatic carbocycles. The van der Waals surface area contributed by atoms with Crippen molar-refractivity contribution in [3.63, 3.8) is 0 Å². The summed E-state index contributed by atoms with van der Waals surface area (Å²) in [6, 6.07) is 11.8. The van der Waals surface area contributed by atoms with Crippen molar-refractivity contribution in [3.8, 4) is 0 Å². The summed E-state index contributed by atoms with van der Waals surface area (Å²) < 4.78 is 0.696. The van der Waals surface area contributed by atoms with Gasteiger partial charge in [0.15, 0.2) is 6.20 Å². The number of likely N-dealkylation sites (N-methyl/N-ethyl adjacent to an activating group) is 1. The van der Waals surface area contributed by atoms with Gasteiger partial charge in [0.2, 0.25) is 11.8 Å². The van der Waals surface area contributed by atoms with Crippen molar-refractivity contribution in [3.05, 3.63) is 58.9 Å². The maximum absolute atomic E-state index is 12.1. The Hall–Kier alpha value is -2.25. The fourth-order valence-corrected chi connectivity index (χ4v) is 2.86. The zero-order valence-electron chi connectivity index (χ0n) is 12.9. The molecule has 24 heavy (non-hydrogen) atoms. The Morgan fingerprint density at radius 3 is 2.67 bits per heavy atom. The molecule has 0 radical (unpaired) electrons. The second kappa shape index (κ2) is 8.56. The molecule has 0 aliphatic rings. The Bertz CT molecular complexity index is 742. The van der Waals surface area contributed by atoms with Gasteiger partial charge in [-0.1, -0.05) is 23.7 Å². The summed E-state index contributed by atoms with van der Waals surface area (Å²) in [4.78, 5) is 25.4. The number of para-hydroxylation sites is 1. The Balaban J connectivity index is 1.84. The number of thioether (sulfide) groups is 1. The molecule has 0 bridgehead atoms. The smallest absolute Gasteiger partial charge is 0.251 e. The second-order valence-corrected chi connectivity index (χ2v) is 6.33. The third-order valence-corrected chi connectivity index (χ3v) is 4.42. The summed E-state index contributed by atoms with van der Waals surface area (Å²) in [5.74, 6) is -0.525. The average Bonchev–Trinajstić information content (AvgIpc) is 2.56. The maximum atomic E-state index is 12.1. The number of rotatable bonds is 6. The van der Waals surface area contributed by atoms with E-state index < -0.39 is 0 Å². The quantitative estimate of drug-likeness (QED) is 0.483. The summed E-state index contributed by atoms with van der Waals surface area (Å²) in [5, 5.41) is 15.0. The number of carbonyl (C=O) groups is 2. The lowest BCUT2D eigenvalue weighted by molar-refractivity contribution is -0.645. The zero-order valence-corrected chi connectivity index (χ0v) is 14.5. The predicted octanol–water partition coefficient (Wildman–Crippen LogP) is 2.16. The first-order chi connectivity index (χ1) is 11.5. The molecule has 0 fully saturated rings. The average molecular weight is 366 g/mol. The lowest BCUT2D eigenvalue weighted by Crippen LogP contribution is -2.36. The number of hydrogen-bond donors (Lipinski definition) is 1. The molecular weight excluding hydrogens is 350 g/mol. The van der Waals surface area contributed by atoms with E-state index in [9.17, 15) is 14.8 Å². The van der Waals surface area contributed by atoms with Crippen LogP contribution in [0.15, 0.2) is 53.7 Å². The number of hydrogen-bond acceptors (Lipinski definition) is 4. The van der Waals surface area contributed by atoms with Crippen LogP contribution in [0, 0.1) is 5.21 Å². The van der Waals surface area contributed by atoms with Crippen molar-refractivity contribution in [2.24, 2.45) is 0 Å². The number of nitrogens with zero attached hydrogens (tertiary/aromatic N) is 2. The van der Waals surface area contributed by atoms with Gasteiger partial charge in [-0.3, -0.25) is 9.59 Å². The molecule has 0 spiro atoms. The minimum atomic E-state index is -0.345. The van der Waals surface area contributed by atoms with Crippen LogP contribution in [0.4, 0.5) is 5.69 Å². The van der Waals surface area contributed by atoms with Gasteiger partial charge in [-0.05, 0) is 30.0 Å². The molecule has 2 aromatic rings. The highest BCUT2D eigenvalue weighted by atomic mass is 35.5. The monoisotopic (exact) mass is 365 g/mol. The van der Waals surface area contributed by atoms with E-state index in [2.05, 4.69) is 5.32 Å². The van der Waals surface area contributed by atoms with Crippen molar-refractivity contribution in [1.29, 1.82) is 0 Å². The number of amides is 2. The molecule has 0 saturated heterocycles. The molecule has 1 N–H and O–H groups in total. The van der Waals surface area contributed by atoms with Gasteiger partial charge in [0.25, 0.3) is 5.03 Å². The van der Waals surface area contributed by atoms with Crippen LogP contribution in [0.5, 0.6) is 0 Å². The van der Waals surface area contributed by atoms with E-state index in [4.69, 9.17) is 11.6 Å². The van der Waals surface area contributed by atoms with Gasteiger partial charge in [0.05, 0.1) is 23.0 Å². The minimum absolute atomic E-state index is 0.0716. The predicted molar refractivity (Wildman–Crippen MR) is 93.8 cm³/mol. The topological polar surface area (TPSA) is 76.4 Å². The number of aromatic nitrogens is 1. The molecule has 0 saturated carbocycles. The number of carbonyl (C=O) groups excluding carboxylic acids is 2. The molecule has 8 heteroatoms. The SMILES string of the molecule is CN(CC(=O)Nc1ccccc1Cl)C(=O)CSc1cccc[n+]1[O-]. The van der Waals surface area contributed by atoms with Crippen LogP contribution in [-0.4, -0.2) is 36.1 Å². The Morgan fingerprint density at radius 1 is 1.25 bits per heavy atom. The molecule has 1 heterocycles. The molecule has 0 unspecified atom stereocenters. The largest absolute Gasteiger partial charge is 0.618 e. The van der Waals surface area contributed by atoms with E-state index >= 15 is 0 Å². The first kappa shape index (κ1) is 18.1. The number of anilines is 1. The van der Waals surface area contributed by atoms with E-state index in [1.54, 1.807) is 42.5 Å². The highest BCUT2D eigenvalue weighted by molar-refractivity contribution is 7.99. The number of nitrogens with one attached hydrogen (secondary N) is 1. The van der Waals surface area contributed by atoms with Crippen molar-refractivity contribution in [2.45, 2.75) is 5.03 Å². The molecule has 0 aliphatic carbocycles. The van der Waals surface area contributed by atoms with Crippen molar-refractivity contribution in [1.82, 2.24) is 4.90 Å². The molecule has 6 nitrogen and oxygen atoms in total. The van der Waals surface area contributed by atoms with Gasteiger partial charge in [0.1, 0.15) is 0 Å². The van der Waals surface area contributed by atoms with Gasteiger partial charge in [-0.25, -0.2) is 0 Å². The van der Waals surface area contributed by atoms with Gasteiger partial charge >= 0.3 is 0 Å². The fourth-order valence-electron chi connectivity index (χ4n) is 1.83. The molecule has 0 aliphatic heterocycles. The Kier molecular flexibility index (Phi) is 6.45. The summed E-state index contributed by atoms with van der Waals surface area (Å²) in [7, 11) is 1.53.